The number of carboxylic acid groups (broad SMARTS) is 1. The van der Waals surface area contributed by atoms with Crippen molar-refractivity contribution >= 4 is 22.6 Å². The smallest absolute Gasteiger partial charge is 0.371 e. The largest absolute Gasteiger partial charge is 0.475 e. The van der Waals surface area contributed by atoms with E-state index < -0.39 is 5.97 Å². The number of benzene rings is 1. The molecule has 2 aromatic heterocycles. The summed E-state index contributed by atoms with van der Waals surface area (Å²) in [5, 5.41) is 17.0. The SMILES string of the molecule is Cn1cc(NCc2ccc3oc(C(=O)O)cc3c2)cn1. The fourth-order valence-electron chi connectivity index (χ4n) is 2.02. The quantitative estimate of drug-likeness (QED) is 0.762. The molecule has 0 fully saturated rings. The number of nitrogens with one attached hydrogen (secondary N) is 1. The van der Waals surface area contributed by atoms with Gasteiger partial charge in [0.1, 0.15) is 5.58 Å². The molecule has 2 heterocycles. The molecule has 0 atom stereocenters. The van der Waals surface area contributed by atoms with Crippen LogP contribution in [0.1, 0.15) is 16.1 Å². The lowest BCUT2D eigenvalue weighted by Gasteiger charge is -2.03. The maximum Gasteiger partial charge on any atom is 0.371 e. The molecule has 1 aromatic carbocycles. The van der Waals surface area contributed by atoms with E-state index >= 15 is 0 Å². The number of aromatic carboxylic acids is 1. The number of hydrogen-bond donors (Lipinski definition) is 2. The van der Waals surface area contributed by atoms with E-state index in [1.165, 1.54) is 6.07 Å². The molecule has 0 aliphatic rings. The lowest BCUT2D eigenvalue weighted by Crippen LogP contribution is -1.98. The Hall–Kier alpha value is -2.76. The molecule has 102 valence electrons. The van der Waals surface area contributed by atoms with Crippen LogP contribution in [0.25, 0.3) is 11.0 Å². The molecule has 0 saturated carbocycles. The third-order valence-electron chi connectivity index (χ3n) is 2.99. The lowest BCUT2D eigenvalue weighted by molar-refractivity contribution is 0.0665. The topological polar surface area (TPSA) is 80.3 Å². The predicted molar refractivity (Wildman–Crippen MR) is 73.7 cm³/mol. The van der Waals surface area contributed by atoms with Gasteiger partial charge in [0.15, 0.2) is 0 Å². The molecule has 0 spiro atoms. The minimum Gasteiger partial charge on any atom is -0.475 e. The predicted octanol–water partition coefficient (Wildman–Crippen LogP) is 2.48. The van der Waals surface area contributed by atoms with Crippen molar-refractivity contribution in [2.45, 2.75) is 6.54 Å². The summed E-state index contributed by atoms with van der Waals surface area (Å²) < 4.78 is 6.94. The van der Waals surface area contributed by atoms with Gasteiger partial charge < -0.3 is 14.8 Å². The maximum atomic E-state index is 10.9. The van der Waals surface area contributed by atoms with Gasteiger partial charge in [-0.25, -0.2) is 4.79 Å². The Morgan fingerprint density at radius 1 is 1.45 bits per heavy atom. The molecule has 0 aliphatic carbocycles. The first-order valence-electron chi connectivity index (χ1n) is 6.10. The number of furan rings is 1. The van der Waals surface area contributed by atoms with Gasteiger partial charge in [0.2, 0.25) is 5.76 Å². The van der Waals surface area contributed by atoms with Crippen molar-refractivity contribution in [1.82, 2.24) is 9.78 Å². The van der Waals surface area contributed by atoms with Crippen LogP contribution < -0.4 is 5.32 Å². The first kappa shape index (κ1) is 12.3. The van der Waals surface area contributed by atoms with E-state index in [-0.39, 0.29) is 5.76 Å². The standard InChI is InChI=1S/C14H13N3O3/c1-17-8-11(7-16-17)15-6-9-2-3-12-10(4-9)5-13(20-12)14(18)19/h2-5,7-8,15H,6H2,1H3,(H,18,19). The van der Waals surface area contributed by atoms with Gasteiger partial charge >= 0.3 is 5.97 Å². The second kappa shape index (κ2) is 4.73. The summed E-state index contributed by atoms with van der Waals surface area (Å²) in [7, 11) is 1.86. The van der Waals surface area contributed by atoms with Gasteiger partial charge in [0.05, 0.1) is 11.9 Å². The highest BCUT2D eigenvalue weighted by Crippen LogP contribution is 2.21. The molecular weight excluding hydrogens is 258 g/mol. The molecule has 2 N–H and O–H groups in total. The number of anilines is 1. The summed E-state index contributed by atoms with van der Waals surface area (Å²) in [5.74, 6) is -1.10. The van der Waals surface area contributed by atoms with Crippen LogP contribution in [0.3, 0.4) is 0 Å². The Morgan fingerprint density at radius 2 is 2.30 bits per heavy atom. The summed E-state index contributed by atoms with van der Waals surface area (Å²) in [4.78, 5) is 10.9. The van der Waals surface area contributed by atoms with Crippen LogP contribution in [0.5, 0.6) is 0 Å². The highest BCUT2D eigenvalue weighted by molar-refractivity contribution is 5.91. The first-order valence-corrected chi connectivity index (χ1v) is 6.10. The fourth-order valence-corrected chi connectivity index (χ4v) is 2.02. The second-order valence-corrected chi connectivity index (χ2v) is 4.54. The molecule has 0 amide bonds. The minimum atomic E-state index is -1.06. The van der Waals surface area contributed by atoms with Crippen molar-refractivity contribution in [2.24, 2.45) is 7.05 Å². The van der Waals surface area contributed by atoms with Crippen LogP contribution in [0.15, 0.2) is 41.1 Å². The zero-order valence-electron chi connectivity index (χ0n) is 10.8. The Labute approximate surface area is 114 Å². The molecule has 0 bridgehead atoms. The Kier molecular flexibility index (Phi) is 2.90. The summed E-state index contributed by atoms with van der Waals surface area (Å²) in [6.07, 6.45) is 3.64. The number of rotatable bonds is 4. The average Bonchev–Trinajstić information content (AvgIpc) is 3.01. The highest BCUT2D eigenvalue weighted by Gasteiger charge is 2.10. The van der Waals surface area contributed by atoms with Crippen molar-refractivity contribution in [3.8, 4) is 0 Å². The Morgan fingerprint density at radius 3 is 3.00 bits per heavy atom. The molecule has 0 unspecified atom stereocenters. The zero-order valence-corrected chi connectivity index (χ0v) is 10.8. The molecule has 6 heteroatoms. The van der Waals surface area contributed by atoms with Gasteiger partial charge in [0, 0.05) is 25.2 Å². The number of hydrogen-bond acceptors (Lipinski definition) is 4. The monoisotopic (exact) mass is 271 g/mol. The van der Waals surface area contributed by atoms with E-state index in [4.69, 9.17) is 9.52 Å². The van der Waals surface area contributed by atoms with Crippen LogP contribution in [-0.4, -0.2) is 20.9 Å². The third-order valence-corrected chi connectivity index (χ3v) is 2.99. The average molecular weight is 271 g/mol. The van der Waals surface area contributed by atoms with Crippen LogP contribution in [-0.2, 0) is 13.6 Å². The molecular formula is C14H13N3O3. The summed E-state index contributed by atoms with van der Waals surface area (Å²) in [6, 6.07) is 7.13. The van der Waals surface area contributed by atoms with Crippen LogP contribution in [0.4, 0.5) is 5.69 Å². The van der Waals surface area contributed by atoms with Crippen LogP contribution in [0.2, 0.25) is 0 Å². The third kappa shape index (κ3) is 2.35. The summed E-state index contributed by atoms with van der Waals surface area (Å²) >= 11 is 0. The molecule has 3 aromatic rings. The van der Waals surface area contributed by atoms with Crippen molar-refractivity contribution in [3.05, 3.63) is 48.0 Å². The molecule has 3 rings (SSSR count). The van der Waals surface area contributed by atoms with Gasteiger partial charge in [-0.1, -0.05) is 6.07 Å². The molecule has 0 saturated heterocycles. The summed E-state index contributed by atoms with van der Waals surface area (Å²) in [5.41, 5.74) is 2.55. The van der Waals surface area contributed by atoms with Crippen molar-refractivity contribution in [2.75, 3.05) is 5.32 Å². The number of aromatic nitrogens is 2. The van der Waals surface area contributed by atoms with Gasteiger partial charge in [-0.15, -0.1) is 0 Å². The lowest BCUT2D eigenvalue weighted by atomic mass is 10.1. The Bertz CT molecular complexity index is 773. The van der Waals surface area contributed by atoms with Gasteiger partial charge in [-0.05, 0) is 23.8 Å². The highest BCUT2D eigenvalue weighted by atomic mass is 16.4. The number of fused-ring (bicyclic) bond motifs is 1. The normalized spacial score (nSPS) is 10.8. The molecule has 0 radical (unpaired) electrons. The zero-order chi connectivity index (χ0) is 14.1. The molecule has 6 nitrogen and oxygen atoms in total. The van der Waals surface area contributed by atoms with E-state index in [2.05, 4.69) is 10.4 Å². The van der Waals surface area contributed by atoms with E-state index in [1.807, 2.05) is 25.4 Å². The van der Waals surface area contributed by atoms with E-state index in [0.717, 1.165) is 16.6 Å². The number of carbonyl (C=O) groups is 1. The number of aryl methyl sites for hydroxylation is 1. The van der Waals surface area contributed by atoms with Crippen LogP contribution in [0, 0.1) is 0 Å². The van der Waals surface area contributed by atoms with Crippen molar-refractivity contribution < 1.29 is 14.3 Å². The van der Waals surface area contributed by atoms with E-state index in [1.54, 1.807) is 16.9 Å². The second-order valence-electron chi connectivity index (χ2n) is 4.54. The number of carboxylic acids is 1. The van der Waals surface area contributed by atoms with Gasteiger partial charge in [-0.3, -0.25) is 4.68 Å². The van der Waals surface area contributed by atoms with Crippen molar-refractivity contribution in [3.63, 3.8) is 0 Å². The van der Waals surface area contributed by atoms with Gasteiger partial charge in [0.25, 0.3) is 0 Å². The van der Waals surface area contributed by atoms with Crippen molar-refractivity contribution in [1.29, 1.82) is 0 Å². The summed E-state index contributed by atoms with van der Waals surface area (Å²) in [6.45, 7) is 0.634. The molecule has 20 heavy (non-hydrogen) atoms. The van der Waals surface area contributed by atoms with Gasteiger partial charge in [-0.2, -0.15) is 5.10 Å². The van der Waals surface area contributed by atoms with Crippen LogP contribution >= 0.6 is 0 Å². The van der Waals surface area contributed by atoms with E-state index in [9.17, 15) is 4.79 Å². The maximum absolute atomic E-state index is 10.9. The number of nitrogens with zero attached hydrogens (tertiary/aromatic N) is 2. The Balaban J connectivity index is 1.80. The fraction of sp³-hybridized carbons (Fsp3) is 0.143. The minimum absolute atomic E-state index is 0.0441. The molecule has 0 aliphatic heterocycles. The van der Waals surface area contributed by atoms with E-state index in [0.29, 0.717) is 12.1 Å². The first-order chi connectivity index (χ1) is 9.61.